The molecule has 0 fully saturated rings. The van der Waals surface area contributed by atoms with Gasteiger partial charge in [0.05, 0.1) is 12.7 Å². The molecular formula is C17H29N3O3. The number of ether oxygens (including phenoxy) is 1. The Morgan fingerprint density at radius 3 is 2.57 bits per heavy atom. The molecule has 0 spiro atoms. The number of pyridine rings is 1. The molecule has 130 valence electrons. The molecule has 0 radical (unpaired) electrons. The largest absolute Gasteiger partial charge is 0.478 e. The molecule has 0 aromatic carbocycles. The lowest BCUT2D eigenvalue weighted by molar-refractivity contribution is 0.103. The summed E-state index contributed by atoms with van der Waals surface area (Å²) in [5, 5.41) is 15.4. The van der Waals surface area contributed by atoms with Crippen molar-refractivity contribution in [2.75, 3.05) is 13.2 Å². The smallest absolute Gasteiger partial charge is 0.315 e. The SMILES string of the molecule is CCCOc1ccc(CNC(=O)NCC(O)C(CC)CC)cn1. The van der Waals surface area contributed by atoms with Gasteiger partial charge in [-0.25, -0.2) is 9.78 Å². The zero-order valence-electron chi connectivity index (χ0n) is 14.3. The van der Waals surface area contributed by atoms with E-state index in [1.54, 1.807) is 12.3 Å². The lowest BCUT2D eigenvalue weighted by Crippen LogP contribution is -2.41. The Bertz CT molecular complexity index is 447. The second kappa shape index (κ2) is 10.8. The Kier molecular flexibility index (Phi) is 9.05. The predicted octanol–water partition coefficient (Wildman–Crippen LogP) is 2.47. The quantitative estimate of drug-likeness (QED) is 0.617. The van der Waals surface area contributed by atoms with Crippen LogP contribution in [0.4, 0.5) is 4.79 Å². The molecule has 1 rings (SSSR count). The molecule has 1 heterocycles. The van der Waals surface area contributed by atoms with Gasteiger partial charge in [0.1, 0.15) is 0 Å². The number of nitrogens with zero attached hydrogens (tertiary/aromatic N) is 1. The molecule has 0 bridgehead atoms. The van der Waals surface area contributed by atoms with Gasteiger partial charge in [-0.2, -0.15) is 0 Å². The summed E-state index contributed by atoms with van der Waals surface area (Å²) in [5.41, 5.74) is 0.893. The molecule has 6 heteroatoms. The fraction of sp³-hybridized carbons (Fsp3) is 0.647. The maximum atomic E-state index is 11.7. The van der Waals surface area contributed by atoms with Crippen molar-refractivity contribution in [1.82, 2.24) is 15.6 Å². The van der Waals surface area contributed by atoms with Gasteiger partial charge in [-0.05, 0) is 17.9 Å². The number of aromatic nitrogens is 1. The Morgan fingerprint density at radius 2 is 2.00 bits per heavy atom. The fourth-order valence-corrected chi connectivity index (χ4v) is 2.25. The highest BCUT2D eigenvalue weighted by atomic mass is 16.5. The number of hydrogen-bond donors (Lipinski definition) is 3. The first-order valence-corrected chi connectivity index (χ1v) is 8.38. The van der Waals surface area contributed by atoms with E-state index in [0.717, 1.165) is 24.8 Å². The third-order valence-electron chi connectivity index (χ3n) is 3.77. The number of carbonyl (C=O) groups excluding carboxylic acids is 1. The van der Waals surface area contributed by atoms with Crippen molar-refractivity contribution in [1.29, 1.82) is 0 Å². The maximum absolute atomic E-state index is 11.7. The van der Waals surface area contributed by atoms with Crippen LogP contribution in [0.2, 0.25) is 0 Å². The van der Waals surface area contributed by atoms with E-state index in [1.807, 2.05) is 26.8 Å². The van der Waals surface area contributed by atoms with Crippen LogP contribution < -0.4 is 15.4 Å². The van der Waals surface area contributed by atoms with E-state index in [2.05, 4.69) is 15.6 Å². The Morgan fingerprint density at radius 1 is 1.26 bits per heavy atom. The minimum atomic E-state index is -0.507. The highest BCUT2D eigenvalue weighted by Crippen LogP contribution is 2.12. The molecular weight excluding hydrogens is 294 g/mol. The topological polar surface area (TPSA) is 83.5 Å². The van der Waals surface area contributed by atoms with Gasteiger partial charge < -0.3 is 20.5 Å². The van der Waals surface area contributed by atoms with Crippen LogP contribution in [0.1, 0.15) is 45.6 Å². The number of nitrogens with one attached hydrogen (secondary N) is 2. The number of aliphatic hydroxyl groups is 1. The molecule has 23 heavy (non-hydrogen) atoms. The van der Waals surface area contributed by atoms with E-state index in [-0.39, 0.29) is 18.5 Å². The molecule has 1 aromatic rings. The van der Waals surface area contributed by atoms with Crippen molar-refractivity contribution in [3.8, 4) is 5.88 Å². The third-order valence-corrected chi connectivity index (χ3v) is 3.77. The summed E-state index contributed by atoms with van der Waals surface area (Å²) >= 11 is 0. The Balaban J connectivity index is 2.30. The van der Waals surface area contributed by atoms with Crippen LogP contribution >= 0.6 is 0 Å². The van der Waals surface area contributed by atoms with Crippen LogP contribution in [0.25, 0.3) is 0 Å². The summed E-state index contributed by atoms with van der Waals surface area (Å²) < 4.78 is 5.41. The standard InChI is InChI=1S/C17H29N3O3/c1-4-9-23-16-8-7-13(10-18-16)11-19-17(22)20-12-15(21)14(5-2)6-3/h7-8,10,14-15,21H,4-6,9,11-12H2,1-3H3,(H2,19,20,22). The fourth-order valence-electron chi connectivity index (χ4n) is 2.25. The molecule has 1 aromatic heterocycles. The first-order chi connectivity index (χ1) is 11.1. The zero-order chi connectivity index (χ0) is 17.1. The highest BCUT2D eigenvalue weighted by Gasteiger charge is 2.15. The van der Waals surface area contributed by atoms with Gasteiger partial charge in [-0.1, -0.05) is 39.7 Å². The molecule has 2 amide bonds. The molecule has 6 nitrogen and oxygen atoms in total. The summed E-state index contributed by atoms with van der Waals surface area (Å²) in [6.07, 6.45) is 3.92. The summed E-state index contributed by atoms with van der Waals surface area (Å²) in [5.74, 6) is 0.809. The summed E-state index contributed by atoms with van der Waals surface area (Å²) in [7, 11) is 0. The zero-order valence-corrected chi connectivity index (χ0v) is 14.3. The van der Waals surface area contributed by atoms with Crippen LogP contribution in [0, 0.1) is 5.92 Å². The van der Waals surface area contributed by atoms with E-state index >= 15 is 0 Å². The van der Waals surface area contributed by atoms with Gasteiger partial charge in [-0.15, -0.1) is 0 Å². The van der Waals surface area contributed by atoms with Crippen molar-refractivity contribution in [2.24, 2.45) is 5.92 Å². The van der Waals surface area contributed by atoms with Crippen molar-refractivity contribution in [3.05, 3.63) is 23.9 Å². The van der Waals surface area contributed by atoms with Crippen molar-refractivity contribution in [2.45, 2.75) is 52.7 Å². The van der Waals surface area contributed by atoms with Crippen LogP contribution in [-0.2, 0) is 6.54 Å². The number of urea groups is 1. The number of rotatable bonds is 10. The minimum Gasteiger partial charge on any atom is -0.478 e. The number of amides is 2. The molecule has 0 aliphatic carbocycles. The number of hydrogen-bond acceptors (Lipinski definition) is 4. The molecule has 1 atom stereocenters. The molecule has 3 N–H and O–H groups in total. The van der Waals surface area contributed by atoms with Gasteiger partial charge in [-0.3, -0.25) is 0 Å². The Labute approximate surface area is 138 Å². The average molecular weight is 323 g/mol. The third kappa shape index (κ3) is 7.32. The van der Waals surface area contributed by atoms with Crippen LogP contribution in [0.3, 0.4) is 0 Å². The predicted molar refractivity (Wildman–Crippen MR) is 90.3 cm³/mol. The second-order valence-electron chi connectivity index (χ2n) is 5.56. The van der Waals surface area contributed by atoms with Crippen LogP contribution in [0.5, 0.6) is 5.88 Å². The summed E-state index contributed by atoms with van der Waals surface area (Å²) in [6, 6.07) is 3.37. The van der Waals surface area contributed by atoms with Gasteiger partial charge in [0, 0.05) is 25.4 Å². The van der Waals surface area contributed by atoms with Gasteiger partial charge >= 0.3 is 6.03 Å². The van der Waals surface area contributed by atoms with Gasteiger partial charge in [0.25, 0.3) is 0 Å². The first-order valence-electron chi connectivity index (χ1n) is 8.38. The molecule has 0 saturated heterocycles. The first kappa shape index (κ1) is 19.2. The normalized spacial score (nSPS) is 12.0. The lowest BCUT2D eigenvalue weighted by Gasteiger charge is -2.20. The highest BCUT2D eigenvalue weighted by molar-refractivity contribution is 5.73. The van der Waals surface area contributed by atoms with Crippen molar-refractivity contribution in [3.63, 3.8) is 0 Å². The average Bonchev–Trinajstić information content (AvgIpc) is 2.58. The maximum Gasteiger partial charge on any atom is 0.315 e. The molecule has 0 aliphatic heterocycles. The minimum absolute atomic E-state index is 0.218. The van der Waals surface area contributed by atoms with Crippen LogP contribution in [-0.4, -0.2) is 35.4 Å². The van der Waals surface area contributed by atoms with Crippen molar-refractivity contribution >= 4 is 6.03 Å². The molecule has 0 saturated carbocycles. The Hall–Kier alpha value is -1.82. The van der Waals surface area contributed by atoms with Crippen molar-refractivity contribution < 1.29 is 14.6 Å². The molecule has 1 unspecified atom stereocenters. The lowest BCUT2D eigenvalue weighted by atomic mass is 9.97. The monoisotopic (exact) mass is 323 g/mol. The summed E-state index contributed by atoms with van der Waals surface area (Å²) in [4.78, 5) is 15.9. The van der Waals surface area contributed by atoms with E-state index in [4.69, 9.17) is 4.74 Å². The van der Waals surface area contributed by atoms with Gasteiger partial charge in [0.2, 0.25) is 5.88 Å². The number of carbonyl (C=O) groups is 1. The second-order valence-corrected chi connectivity index (χ2v) is 5.56. The summed E-state index contributed by atoms with van der Waals surface area (Å²) in [6.45, 7) is 7.41. The van der Waals surface area contributed by atoms with E-state index in [9.17, 15) is 9.90 Å². The van der Waals surface area contributed by atoms with Crippen LogP contribution in [0.15, 0.2) is 18.3 Å². The van der Waals surface area contributed by atoms with E-state index < -0.39 is 6.10 Å². The molecule has 0 aliphatic rings. The van der Waals surface area contributed by atoms with E-state index in [1.165, 1.54) is 0 Å². The van der Waals surface area contributed by atoms with Gasteiger partial charge in [0.15, 0.2) is 0 Å². The van der Waals surface area contributed by atoms with E-state index in [0.29, 0.717) is 19.0 Å². The number of aliphatic hydroxyl groups excluding tert-OH is 1.